The fraction of sp³-hybridized carbons (Fsp3) is 0.316. The molecule has 29 heavy (non-hydrogen) atoms. The number of morpholine rings is 1. The van der Waals surface area contributed by atoms with Gasteiger partial charge in [-0.15, -0.1) is 0 Å². The highest BCUT2D eigenvalue weighted by Gasteiger charge is 2.32. The maximum atomic E-state index is 13.6. The van der Waals surface area contributed by atoms with E-state index < -0.39 is 35.9 Å². The Hall–Kier alpha value is -2.88. The van der Waals surface area contributed by atoms with E-state index in [2.05, 4.69) is 5.32 Å². The summed E-state index contributed by atoms with van der Waals surface area (Å²) >= 11 is 0. The SMILES string of the molecule is O=C(COc1ccc(F)cc1F)Nc1cc(C(F)(F)F)ccc1N1CCOCC1. The molecule has 1 saturated heterocycles. The summed E-state index contributed by atoms with van der Waals surface area (Å²) in [5.74, 6) is -2.94. The molecule has 0 spiro atoms. The van der Waals surface area contributed by atoms with Gasteiger partial charge in [-0.05, 0) is 30.3 Å². The van der Waals surface area contributed by atoms with Crippen LogP contribution in [0.4, 0.5) is 33.3 Å². The van der Waals surface area contributed by atoms with Crippen LogP contribution in [-0.2, 0) is 15.7 Å². The van der Waals surface area contributed by atoms with E-state index in [1.165, 1.54) is 6.07 Å². The number of rotatable bonds is 5. The van der Waals surface area contributed by atoms with E-state index in [1.807, 2.05) is 0 Å². The molecule has 0 aromatic heterocycles. The third-order valence-electron chi connectivity index (χ3n) is 4.20. The van der Waals surface area contributed by atoms with Gasteiger partial charge in [0.25, 0.3) is 5.91 Å². The number of anilines is 2. The first-order valence-corrected chi connectivity index (χ1v) is 8.65. The number of halogens is 5. The van der Waals surface area contributed by atoms with Crippen molar-refractivity contribution < 1.29 is 36.2 Å². The Kier molecular flexibility index (Phi) is 6.21. The van der Waals surface area contributed by atoms with Crippen molar-refractivity contribution in [3.05, 3.63) is 53.6 Å². The minimum absolute atomic E-state index is 0.0464. The van der Waals surface area contributed by atoms with Crippen molar-refractivity contribution in [1.82, 2.24) is 0 Å². The van der Waals surface area contributed by atoms with E-state index in [9.17, 15) is 26.7 Å². The Morgan fingerprint density at radius 3 is 2.48 bits per heavy atom. The molecule has 1 aliphatic heterocycles. The van der Waals surface area contributed by atoms with Gasteiger partial charge in [0.05, 0.1) is 30.2 Å². The van der Waals surface area contributed by atoms with E-state index in [1.54, 1.807) is 4.90 Å². The Labute approximate surface area is 163 Å². The summed E-state index contributed by atoms with van der Waals surface area (Å²) in [6.45, 7) is 1.04. The molecule has 0 unspecified atom stereocenters. The number of nitrogens with one attached hydrogen (secondary N) is 1. The second kappa shape index (κ2) is 8.64. The average Bonchev–Trinajstić information content (AvgIpc) is 2.67. The van der Waals surface area contributed by atoms with Crippen LogP contribution in [0.1, 0.15) is 5.56 Å². The zero-order valence-corrected chi connectivity index (χ0v) is 15.1. The first-order valence-electron chi connectivity index (χ1n) is 8.65. The second-order valence-electron chi connectivity index (χ2n) is 6.24. The summed E-state index contributed by atoms with van der Waals surface area (Å²) in [6, 6.07) is 5.62. The van der Waals surface area contributed by atoms with Crippen LogP contribution in [0.5, 0.6) is 5.75 Å². The van der Waals surface area contributed by atoms with Gasteiger partial charge in [-0.3, -0.25) is 4.79 Å². The van der Waals surface area contributed by atoms with Crippen molar-refractivity contribution in [2.24, 2.45) is 0 Å². The largest absolute Gasteiger partial charge is 0.481 e. The third kappa shape index (κ3) is 5.35. The highest BCUT2D eigenvalue weighted by atomic mass is 19.4. The number of ether oxygens (including phenoxy) is 2. The fourth-order valence-corrected chi connectivity index (χ4v) is 2.81. The molecule has 1 amide bonds. The molecule has 0 bridgehead atoms. The van der Waals surface area contributed by atoms with Gasteiger partial charge in [0.1, 0.15) is 5.82 Å². The molecule has 1 heterocycles. The molecular formula is C19H17F5N2O3. The maximum Gasteiger partial charge on any atom is 0.416 e. The van der Waals surface area contributed by atoms with Crippen molar-refractivity contribution in [2.75, 3.05) is 43.1 Å². The smallest absolute Gasteiger partial charge is 0.416 e. The van der Waals surface area contributed by atoms with E-state index in [0.29, 0.717) is 38.1 Å². The molecule has 2 aromatic carbocycles. The van der Waals surface area contributed by atoms with Gasteiger partial charge in [0.15, 0.2) is 18.2 Å². The van der Waals surface area contributed by atoms with Crippen LogP contribution in [-0.4, -0.2) is 38.8 Å². The van der Waals surface area contributed by atoms with Gasteiger partial charge in [-0.1, -0.05) is 0 Å². The molecule has 5 nitrogen and oxygen atoms in total. The Morgan fingerprint density at radius 2 is 1.83 bits per heavy atom. The van der Waals surface area contributed by atoms with E-state index in [4.69, 9.17) is 9.47 Å². The van der Waals surface area contributed by atoms with Crippen LogP contribution in [0, 0.1) is 11.6 Å². The van der Waals surface area contributed by atoms with Crippen molar-refractivity contribution >= 4 is 17.3 Å². The van der Waals surface area contributed by atoms with Gasteiger partial charge in [-0.2, -0.15) is 13.2 Å². The third-order valence-corrected chi connectivity index (χ3v) is 4.20. The molecule has 1 N–H and O–H groups in total. The normalized spacial score (nSPS) is 14.6. The highest BCUT2D eigenvalue weighted by molar-refractivity contribution is 5.95. The topological polar surface area (TPSA) is 50.8 Å². The molecule has 0 saturated carbocycles. The first kappa shape index (κ1) is 20.8. The summed E-state index contributed by atoms with van der Waals surface area (Å²) < 4.78 is 76.0. The number of alkyl halides is 3. The second-order valence-corrected chi connectivity index (χ2v) is 6.24. The van der Waals surface area contributed by atoms with Gasteiger partial charge < -0.3 is 19.7 Å². The van der Waals surface area contributed by atoms with Crippen LogP contribution < -0.4 is 15.0 Å². The zero-order chi connectivity index (χ0) is 21.0. The average molecular weight is 416 g/mol. The standard InChI is InChI=1S/C19H17F5N2O3/c20-13-2-4-17(14(21)10-13)29-11-18(27)25-15-9-12(19(22,23)24)1-3-16(15)26-5-7-28-8-6-26/h1-4,9-10H,5-8,11H2,(H,25,27). The number of hydrogen-bond donors (Lipinski definition) is 1. The van der Waals surface area contributed by atoms with Crippen LogP contribution in [0.25, 0.3) is 0 Å². The molecular weight excluding hydrogens is 399 g/mol. The molecule has 2 aromatic rings. The quantitative estimate of drug-likeness (QED) is 0.753. The number of carbonyl (C=O) groups is 1. The fourth-order valence-electron chi connectivity index (χ4n) is 2.81. The lowest BCUT2D eigenvalue weighted by molar-refractivity contribution is -0.137. The minimum atomic E-state index is -4.59. The number of amides is 1. The van der Waals surface area contributed by atoms with Crippen LogP contribution in [0.2, 0.25) is 0 Å². The van der Waals surface area contributed by atoms with Crippen molar-refractivity contribution in [2.45, 2.75) is 6.18 Å². The monoisotopic (exact) mass is 416 g/mol. The minimum Gasteiger partial charge on any atom is -0.481 e. The van der Waals surface area contributed by atoms with Gasteiger partial charge >= 0.3 is 6.18 Å². The molecule has 1 aliphatic rings. The summed E-state index contributed by atoms with van der Waals surface area (Å²) in [6.07, 6.45) is -4.59. The molecule has 156 valence electrons. The Balaban J connectivity index is 1.76. The molecule has 3 rings (SSSR count). The molecule has 1 fully saturated rings. The first-order chi connectivity index (χ1) is 13.7. The maximum absolute atomic E-state index is 13.6. The lowest BCUT2D eigenvalue weighted by Gasteiger charge is -2.31. The molecule has 10 heteroatoms. The summed E-state index contributed by atoms with van der Waals surface area (Å²) in [7, 11) is 0. The summed E-state index contributed by atoms with van der Waals surface area (Å²) in [5.41, 5.74) is -0.562. The highest BCUT2D eigenvalue weighted by Crippen LogP contribution is 2.35. The van der Waals surface area contributed by atoms with Crippen LogP contribution in [0.15, 0.2) is 36.4 Å². The molecule has 0 atom stereocenters. The van der Waals surface area contributed by atoms with Crippen LogP contribution in [0.3, 0.4) is 0 Å². The summed E-state index contributed by atoms with van der Waals surface area (Å²) in [5, 5.41) is 2.38. The zero-order valence-electron chi connectivity index (χ0n) is 15.1. The van der Waals surface area contributed by atoms with E-state index in [-0.39, 0.29) is 11.4 Å². The number of hydrogen-bond acceptors (Lipinski definition) is 4. The number of benzene rings is 2. The van der Waals surface area contributed by atoms with Crippen molar-refractivity contribution in [1.29, 1.82) is 0 Å². The lowest BCUT2D eigenvalue weighted by atomic mass is 10.1. The number of nitrogens with zero attached hydrogens (tertiary/aromatic N) is 1. The van der Waals surface area contributed by atoms with Crippen LogP contribution >= 0.6 is 0 Å². The van der Waals surface area contributed by atoms with E-state index >= 15 is 0 Å². The number of carbonyl (C=O) groups excluding carboxylic acids is 1. The molecule has 0 aliphatic carbocycles. The predicted octanol–water partition coefficient (Wildman–Crippen LogP) is 3.84. The molecule has 0 radical (unpaired) electrons. The van der Waals surface area contributed by atoms with Gasteiger partial charge in [0, 0.05) is 19.2 Å². The van der Waals surface area contributed by atoms with Gasteiger partial charge in [0.2, 0.25) is 0 Å². The van der Waals surface area contributed by atoms with Crippen molar-refractivity contribution in [3.63, 3.8) is 0 Å². The Morgan fingerprint density at radius 1 is 1.10 bits per heavy atom. The predicted molar refractivity (Wildman–Crippen MR) is 95.0 cm³/mol. The summed E-state index contributed by atoms with van der Waals surface area (Å²) in [4.78, 5) is 14.0. The lowest BCUT2D eigenvalue weighted by Crippen LogP contribution is -2.37. The van der Waals surface area contributed by atoms with Gasteiger partial charge in [-0.25, -0.2) is 8.78 Å². The van der Waals surface area contributed by atoms with Crippen molar-refractivity contribution in [3.8, 4) is 5.75 Å². The van der Waals surface area contributed by atoms with E-state index in [0.717, 1.165) is 24.3 Å². The Bertz CT molecular complexity index is 883.